The monoisotopic (exact) mass is 282 g/mol. The van der Waals surface area contributed by atoms with E-state index in [1.165, 1.54) is 37.4 Å². The molecule has 0 aromatic rings. The Balaban J connectivity index is 1.34. The SMILES string of the molecule is O=C(O)N1CCC(OC2CCN(CC3CC3)CC2)CC1. The molecule has 2 saturated heterocycles. The van der Waals surface area contributed by atoms with Gasteiger partial charge in [0.25, 0.3) is 0 Å². The topological polar surface area (TPSA) is 53.0 Å². The molecule has 3 rings (SSSR count). The lowest BCUT2D eigenvalue weighted by Gasteiger charge is -2.36. The summed E-state index contributed by atoms with van der Waals surface area (Å²) < 4.78 is 6.18. The van der Waals surface area contributed by atoms with Crippen LogP contribution < -0.4 is 0 Å². The molecule has 0 aromatic carbocycles. The lowest BCUT2D eigenvalue weighted by Crippen LogP contribution is -2.43. The van der Waals surface area contributed by atoms with Crippen molar-refractivity contribution in [2.45, 2.75) is 50.7 Å². The molecule has 0 atom stereocenters. The van der Waals surface area contributed by atoms with Gasteiger partial charge in [-0.15, -0.1) is 0 Å². The highest BCUT2D eigenvalue weighted by Gasteiger charge is 2.29. The van der Waals surface area contributed by atoms with E-state index >= 15 is 0 Å². The van der Waals surface area contributed by atoms with Gasteiger partial charge in [-0.05, 0) is 44.4 Å². The van der Waals surface area contributed by atoms with Gasteiger partial charge in [0.05, 0.1) is 12.2 Å². The third-order valence-corrected chi connectivity index (χ3v) is 4.85. The van der Waals surface area contributed by atoms with Crippen LogP contribution in [0.1, 0.15) is 38.5 Å². The predicted octanol–water partition coefficient (Wildman–Crippen LogP) is 2.02. The van der Waals surface area contributed by atoms with E-state index < -0.39 is 6.09 Å². The van der Waals surface area contributed by atoms with Crippen molar-refractivity contribution in [3.63, 3.8) is 0 Å². The Labute approximate surface area is 120 Å². The zero-order chi connectivity index (χ0) is 13.9. The minimum Gasteiger partial charge on any atom is -0.465 e. The number of nitrogens with zero attached hydrogens (tertiary/aromatic N) is 2. The molecule has 0 radical (unpaired) electrons. The summed E-state index contributed by atoms with van der Waals surface area (Å²) in [6, 6.07) is 0. The number of likely N-dealkylation sites (tertiary alicyclic amines) is 2. The summed E-state index contributed by atoms with van der Waals surface area (Å²) in [5.41, 5.74) is 0. The summed E-state index contributed by atoms with van der Waals surface area (Å²) in [5, 5.41) is 8.93. The number of hydrogen-bond acceptors (Lipinski definition) is 3. The van der Waals surface area contributed by atoms with Crippen LogP contribution in [0.5, 0.6) is 0 Å². The van der Waals surface area contributed by atoms with Crippen LogP contribution in [0.2, 0.25) is 0 Å². The summed E-state index contributed by atoms with van der Waals surface area (Å²) in [6.07, 6.45) is 6.73. The van der Waals surface area contributed by atoms with E-state index in [1.54, 1.807) is 0 Å². The molecular formula is C15H26N2O3. The van der Waals surface area contributed by atoms with Crippen molar-refractivity contribution in [3.05, 3.63) is 0 Å². The van der Waals surface area contributed by atoms with Crippen molar-refractivity contribution in [1.29, 1.82) is 0 Å². The van der Waals surface area contributed by atoms with Gasteiger partial charge in [0.1, 0.15) is 0 Å². The van der Waals surface area contributed by atoms with Gasteiger partial charge in [-0.25, -0.2) is 4.79 Å². The first-order valence-electron chi connectivity index (χ1n) is 8.06. The van der Waals surface area contributed by atoms with Gasteiger partial charge >= 0.3 is 6.09 Å². The Morgan fingerprint density at radius 1 is 0.950 bits per heavy atom. The second-order valence-electron chi connectivity index (χ2n) is 6.55. The number of piperidine rings is 2. The van der Waals surface area contributed by atoms with Crippen molar-refractivity contribution in [2.24, 2.45) is 5.92 Å². The average Bonchev–Trinajstić information content (AvgIpc) is 3.26. The molecule has 1 amide bonds. The van der Waals surface area contributed by atoms with Crippen molar-refractivity contribution in [2.75, 3.05) is 32.7 Å². The third kappa shape index (κ3) is 3.85. The zero-order valence-corrected chi connectivity index (χ0v) is 12.2. The summed E-state index contributed by atoms with van der Waals surface area (Å²) in [6.45, 7) is 4.90. The first-order valence-corrected chi connectivity index (χ1v) is 8.06. The number of ether oxygens (including phenoxy) is 1. The lowest BCUT2D eigenvalue weighted by atomic mass is 10.0. The number of carbonyl (C=O) groups is 1. The molecule has 20 heavy (non-hydrogen) atoms. The Bertz CT molecular complexity index is 330. The molecule has 1 saturated carbocycles. The molecule has 0 bridgehead atoms. The standard InChI is InChI=1S/C15H26N2O3/c18-15(19)17-9-5-14(6-10-17)20-13-3-7-16(8-4-13)11-12-1-2-12/h12-14H,1-11H2,(H,18,19). The molecule has 3 aliphatic rings. The van der Waals surface area contributed by atoms with Gasteiger partial charge in [0, 0.05) is 32.7 Å². The van der Waals surface area contributed by atoms with Crippen molar-refractivity contribution in [1.82, 2.24) is 9.80 Å². The lowest BCUT2D eigenvalue weighted by molar-refractivity contribution is -0.0629. The summed E-state index contributed by atoms with van der Waals surface area (Å²) >= 11 is 0. The molecule has 114 valence electrons. The largest absolute Gasteiger partial charge is 0.465 e. The zero-order valence-electron chi connectivity index (χ0n) is 12.2. The number of amides is 1. The van der Waals surface area contributed by atoms with Gasteiger partial charge in [-0.1, -0.05) is 0 Å². The van der Waals surface area contributed by atoms with Crippen molar-refractivity contribution < 1.29 is 14.6 Å². The van der Waals surface area contributed by atoms with Gasteiger partial charge < -0.3 is 19.6 Å². The Kier molecular flexibility index (Phi) is 4.46. The minimum atomic E-state index is -0.795. The summed E-state index contributed by atoms with van der Waals surface area (Å²) in [7, 11) is 0. The van der Waals surface area contributed by atoms with Crippen molar-refractivity contribution >= 4 is 6.09 Å². The maximum Gasteiger partial charge on any atom is 0.407 e. The first kappa shape index (κ1) is 14.1. The second kappa shape index (κ2) is 6.31. The van der Waals surface area contributed by atoms with Crippen LogP contribution in [-0.4, -0.2) is 65.9 Å². The van der Waals surface area contributed by atoms with Gasteiger partial charge in [-0.2, -0.15) is 0 Å². The Hall–Kier alpha value is -0.810. The van der Waals surface area contributed by atoms with E-state index in [2.05, 4.69) is 4.90 Å². The first-order chi connectivity index (χ1) is 9.70. The summed E-state index contributed by atoms with van der Waals surface area (Å²) in [4.78, 5) is 14.9. The van der Waals surface area contributed by atoms with E-state index in [1.807, 2.05) is 0 Å². The van der Waals surface area contributed by atoms with E-state index in [9.17, 15) is 4.79 Å². The third-order valence-electron chi connectivity index (χ3n) is 4.85. The molecular weight excluding hydrogens is 256 g/mol. The maximum atomic E-state index is 10.9. The van der Waals surface area contributed by atoms with Gasteiger partial charge in [-0.3, -0.25) is 0 Å². The van der Waals surface area contributed by atoms with E-state index in [0.29, 0.717) is 19.2 Å². The highest BCUT2D eigenvalue weighted by molar-refractivity contribution is 5.64. The fourth-order valence-electron chi connectivity index (χ4n) is 3.35. The molecule has 3 fully saturated rings. The highest BCUT2D eigenvalue weighted by atomic mass is 16.5. The van der Waals surface area contributed by atoms with Crippen LogP contribution in [0.4, 0.5) is 4.79 Å². The van der Waals surface area contributed by atoms with Crippen molar-refractivity contribution in [3.8, 4) is 0 Å². The Morgan fingerprint density at radius 2 is 1.50 bits per heavy atom. The van der Waals surface area contributed by atoms with E-state index in [4.69, 9.17) is 9.84 Å². The molecule has 5 heteroatoms. The molecule has 0 unspecified atom stereocenters. The fourth-order valence-corrected chi connectivity index (χ4v) is 3.35. The fraction of sp³-hybridized carbons (Fsp3) is 0.933. The maximum absolute atomic E-state index is 10.9. The molecule has 2 heterocycles. The highest BCUT2D eigenvalue weighted by Crippen LogP contribution is 2.31. The molecule has 0 aromatic heterocycles. The molecule has 1 N–H and O–H groups in total. The number of rotatable bonds is 4. The quantitative estimate of drug-likeness (QED) is 0.857. The van der Waals surface area contributed by atoms with Crippen LogP contribution in [0, 0.1) is 5.92 Å². The second-order valence-corrected chi connectivity index (χ2v) is 6.55. The van der Waals surface area contributed by atoms with Crippen LogP contribution in [-0.2, 0) is 4.74 Å². The average molecular weight is 282 g/mol. The molecule has 1 aliphatic carbocycles. The smallest absolute Gasteiger partial charge is 0.407 e. The van der Waals surface area contributed by atoms with E-state index in [-0.39, 0.29) is 6.10 Å². The van der Waals surface area contributed by atoms with Gasteiger partial charge in [0.2, 0.25) is 0 Å². The number of hydrogen-bond donors (Lipinski definition) is 1. The van der Waals surface area contributed by atoms with Gasteiger partial charge in [0.15, 0.2) is 0 Å². The molecule has 2 aliphatic heterocycles. The normalized spacial score (nSPS) is 26.9. The predicted molar refractivity (Wildman–Crippen MR) is 75.9 cm³/mol. The van der Waals surface area contributed by atoms with E-state index in [0.717, 1.165) is 31.6 Å². The summed E-state index contributed by atoms with van der Waals surface area (Å²) in [5.74, 6) is 0.979. The Morgan fingerprint density at radius 3 is 2.00 bits per heavy atom. The molecule has 0 spiro atoms. The number of carboxylic acid groups (broad SMARTS) is 1. The minimum absolute atomic E-state index is 0.269. The van der Waals surface area contributed by atoms with Crippen LogP contribution >= 0.6 is 0 Å². The van der Waals surface area contributed by atoms with Crippen LogP contribution in [0.25, 0.3) is 0 Å². The van der Waals surface area contributed by atoms with Crippen LogP contribution in [0.15, 0.2) is 0 Å². The molecule has 5 nitrogen and oxygen atoms in total. The van der Waals surface area contributed by atoms with Crippen LogP contribution in [0.3, 0.4) is 0 Å².